The molecule has 1 aliphatic rings. The zero-order valence-electron chi connectivity index (χ0n) is 39.4. The molecule has 0 aromatic heterocycles. The minimum absolute atomic E-state index is 0.0854. The average Bonchev–Trinajstić information content (AvgIpc) is 3.27. The molecule has 13 heteroatoms. The van der Waals surface area contributed by atoms with Gasteiger partial charge in [-0.25, -0.2) is 4.57 Å². The molecule has 0 bridgehead atoms. The van der Waals surface area contributed by atoms with Crippen LogP contribution in [0.3, 0.4) is 0 Å². The van der Waals surface area contributed by atoms with Crippen LogP contribution < -0.4 is 0 Å². The fraction of sp³-hybridized carbons (Fsp3) is 0.820. The lowest BCUT2D eigenvalue weighted by Gasteiger charge is -2.41. The minimum atomic E-state index is -5.03. The smallest absolute Gasteiger partial charge is 0.457 e. The molecule has 0 amide bonds. The Hall–Kier alpha value is -1.70. The van der Waals surface area contributed by atoms with Gasteiger partial charge in [0.05, 0.1) is 13.2 Å². The number of aliphatic hydroxyl groups excluding tert-OH is 5. The molecule has 0 aromatic rings. The van der Waals surface area contributed by atoms with Crippen molar-refractivity contribution in [1.82, 2.24) is 0 Å². The second kappa shape index (κ2) is 40.6. The average molecular weight is 915 g/mol. The van der Waals surface area contributed by atoms with Crippen LogP contribution in [0.2, 0.25) is 0 Å². The van der Waals surface area contributed by atoms with Crippen molar-refractivity contribution < 1.29 is 58.3 Å². The van der Waals surface area contributed by atoms with Crippen LogP contribution in [0.15, 0.2) is 48.6 Å². The molecule has 1 aliphatic carbocycles. The molecule has 12 nitrogen and oxygen atoms in total. The summed E-state index contributed by atoms with van der Waals surface area (Å²) in [5.74, 6) is -0.498. The first-order chi connectivity index (χ1) is 30.5. The molecule has 6 N–H and O–H groups in total. The first-order valence-corrected chi connectivity index (χ1v) is 26.5. The summed E-state index contributed by atoms with van der Waals surface area (Å²) in [6, 6.07) is 0. The molecule has 0 radical (unpaired) electrons. The van der Waals surface area contributed by atoms with E-state index in [0.29, 0.717) is 13.0 Å². The van der Waals surface area contributed by atoms with Crippen LogP contribution in [-0.2, 0) is 27.9 Å². The van der Waals surface area contributed by atoms with Gasteiger partial charge in [-0.2, -0.15) is 0 Å². The number of phosphoric acid groups is 1. The van der Waals surface area contributed by atoms with E-state index in [9.17, 15) is 39.8 Å². The summed E-state index contributed by atoms with van der Waals surface area (Å²) >= 11 is 0. The van der Waals surface area contributed by atoms with Crippen LogP contribution in [-0.4, -0.2) is 98.9 Å². The molecule has 1 fully saturated rings. The van der Waals surface area contributed by atoms with E-state index in [1.54, 1.807) is 0 Å². The van der Waals surface area contributed by atoms with Crippen LogP contribution >= 0.6 is 7.82 Å². The number of phosphoric ester groups is 1. The molecule has 0 saturated heterocycles. The molecular weight excluding hydrogens is 824 g/mol. The zero-order chi connectivity index (χ0) is 46.2. The topological polar surface area (TPSA) is 192 Å². The maximum atomic E-state index is 12.8. The Bertz CT molecular complexity index is 1230. The number of aliphatic hydroxyl groups is 5. The monoisotopic (exact) mass is 915 g/mol. The van der Waals surface area contributed by atoms with E-state index in [-0.39, 0.29) is 13.0 Å². The van der Waals surface area contributed by atoms with E-state index < -0.39 is 63.1 Å². The molecule has 0 aliphatic heterocycles. The summed E-state index contributed by atoms with van der Waals surface area (Å²) in [5.41, 5.74) is 0. The van der Waals surface area contributed by atoms with E-state index >= 15 is 0 Å². The zero-order valence-corrected chi connectivity index (χ0v) is 40.3. The number of hydrogen-bond donors (Lipinski definition) is 6. The van der Waals surface area contributed by atoms with Gasteiger partial charge in [0.1, 0.15) is 42.7 Å². The molecule has 6 unspecified atom stereocenters. The van der Waals surface area contributed by atoms with E-state index in [4.69, 9.17) is 18.5 Å². The fourth-order valence-corrected chi connectivity index (χ4v) is 8.50. The number of rotatable bonds is 42. The van der Waals surface area contributed by atoms with Gasteiger partial charge in [0.15, 0.2) is 0 Å². The van der Waals surface area contributed by atoms with Crippen molar-refractivity contribution in [3.8, 4) is 0 Å². The molecule has 1 rings (SSSR count). The molecule has 0 spiro atoms. The number of ether oxygens (including phenoxy) is 2. The molecule has 0 aromatic carbocycles. The molecule has 368 valence electrons. The predicted octanol–water partition coefficient (Wildman–Crippen LogP) is 10.8. The molecule has 1 saturated carbocycles. The number of carbonyl (C=O) groups excluding carboxylic acids is 1. The lowest BCUT2D eigenvalue weighted by atomic mass is 9.85. The Kier molecular flexibility index (Phi) is 38.2. The van der Waals surface area contributed by atoms with Gasteiger partial charge in [0, 0.05) is 13.0 Å². The summed E-state index contributed by atoms with van der Waals surface area (Å²) in [6.07, 6.45) is 37.5. The van der Waals surface area contributed by atoms with Crippen molar-refractivity contribution in [3.63, 3.8) is 0 Å². The van der Waals surface area contributed by atoms with Gasteiger partial charge in [-0.1, -0.05) is 191 Å². The van der Waals surface area contributed by atoms with E-state index in [1.807, 2.05) is 0 Å². The van der Waals surface area contributed by atoms with Crippen molar-refractivity contribution in [2.75, 3.05) is 19.8 Å². The van der Waals surface area contributed by atoms with E-state index in [1.165, 1.54) is 103 Å². The van der Waals surface area contributed by atoms with Gasteiger partial charge in [0.2, 0.25) is 0 Å². The van der Waals surface area contributed by atoms with Crippen molar-refractivity contribution in [1.29, 1.82) is 0 Å². The quantitative estimate of drug-likeness (QED) is 0.0147. The van der Waals surface area contributed by atoms with Crippen LogP contribution in [0, 0.1) is 0 Å². The highest BCUT2D eigenvalue weighted by atomic mass is 31.2. The molecule has 63 heavy (non-hydrogen) atoms. The van der Waals surface area contributed by atoms with Crippen LogP contribution in [0.1, 0.15) is 200 Å². The Morgan fingerprint density at radius 3 is 1.43 bits per heavy atom. The largest absolute Gasteiger partial charge is 0.472 e. The van der Waals surface area contributed by atoms with E-state index in [2.05, 4.69) is 62.5 Å². The normalized spacial score (nSPS) is 22.2. The Morgan fingerprint density at radius 2 is 0.937 bits per heavy atom. The summed E-state index contributed by atoms with van der Waals surface area (Å²) in [5, 5.41) is 50.3. The second-order valence-corrected chi connectivity index (χ2v) is 18.7. The highest BCUT2D eigenvalue weighted by Crippen LogP contribution is 2.47. The summed E-state index contributed by atoms with van der Waals surface area (Å²) in [7, 11) is -5.03. The highest BCUT2D eigenvalue weighted by Gasteiger charge is 2.51. The van der Waals surface area contributed by atoms with Crippen molar-refractivity contribution in [2.45, 2.75) is 243 Å². The molecular formula is C50H91O12P. The fourth-order valence-electron chi connectivity index (χ4n) is 7.52. The minimum Gasteiger partial charge on any atom is -0.457 e. The number of esters is 1. The highest BCUT2D eigenvalue weighted by molar-refractivity contribution is 7.47. The maximum Gasteiger partial charge on any atom is 0.472 e. The predicted molar refractivity (Wildman–Crippen MR) is 253 cm³/mol. The third-order valence-corrected chi connectivity index (χ3v) is 12.5. The third kappa shape index (κ3) is 32.6. The van der Waals surface area contributed by atoms with Gasteiger partial charge >= 0.3 is 13.8 Å². The number of allylic oxidation sites excluding steroid dienone is 8. The first-order valence-electron chi connectivity index (χ1n) is 25.0. The number of unbranched alkanes of at least 4 members (excludes halogenated alkanes) is 22. The summed E-state index contributed by atoms with van der Waals surface area (Å²) in [4.78, 5) is 23.2. The van der Waals surface area contributed by atoms with Crippen LogP contribution in [0.5, 0.6) is 0 Å². The Balaban J connectivity index is 2.37. The number of carbonyl (C=O) groups is 1. The van der Waals surface area contributed by atoms with E-state index in [0.717, 1.165) is 70.6 Å². The van der Waals surface area contributed by atoms with Crippen molar-refractivity contribution >= 4 is 13.8 Å². The van der Waals surface area contributed by atoms with Gasteiger partial charge in [-0.3, -0.25) is 13.8 Å². The lowest BCUT2D eigenvalue weighted by molar-refractivity contribution is -0.220. The van der Waals surface area contributed by atoms with Gasteiger partial charge in [-0.15, -0.1) is 0 Å². The second-order valence-electron chi connectivity index (χ2n) is 17.3. The van der Waals surface area contributed by atoms with Gasteiger partial charge < -0.3 is 39.9 Å². The Labute approximate surface area is 382 Å². The maximum absolute atomic E-state index is 12.8. The summed E-state index contributed by atoms with van der Waals surface area (Å²) in [6.45, 7) is 4.14. The summed E-state index contributed by atoms with van der Waals surface area (Å²) < 4.78 is 34.2. The van der Waals surface area contributed by atoms with Crippen LogP contribution in [0.25, 0.3) is 0 Å². The lowest BCUT2D eigenvalue weighted by Crippen LogP contribution is -2.64. The SMILES string of the molecule is CC/C=C\C/C=C\C/C=C\C/C=C\CCCCCCC(=O)OC(COCCCCCCCCCCCCCCCCCCCCC)COP(=O)(O)OC1C(O)C(O)C(O)C(O)C1O. The Morgan fingerprint density at radius 1 is 0.524 bits per heavy atom. The molecule has 6 atom stereocenters. The van der Waals surface area contributed by atoms with Crippen molar-refractivity contribution in [2.24, 2.45) is 0 Å². The van der Waals surface area contributed by atoms with Crippen molar-refractivity contribution in [3.05, 3.63) is 48.6 Å². The first kappa shape index (κ1) is 59.3. The van der Waals surface area contributed by atoms with Gasteiger partial charge in [0.25, 0.3) is 0 Å². The number of hydrogen-bond acceptors (Lipinski definition) is 11. The molecule has 0 heterocycles. The standard InChI is InChI=1S/C50H91O12P/c1-3-5-7-9-11-13-15-17-19-21-22-24-26-28-30-32-34-36-38-40-59-41-43(42-60-63(57,58)62-50-48(55)46(53)45(52)47(54)49(50)56)61-44(51)39-37-35-33-31-29-27-25-23-20-18-16-14-12-10-8-6-4-2/h6,8,12,14,18,20,25,27,43,45-50,52-56H,3-5,7,9-11,13,15-17,19,21-24,26,28-42H2,1-2H3,(H,57,58)/b8-6-,14-12-,20-18-,27-25-. The van der Waals surface area contributed by atoms with Gasteiger partial charge in [-0.05, 0) is 51.4 Å². The van der Waals surface area contributed by atoms with Crippen LogP contribution in [0.4, 0.5) is 0 Å². The third-order valence-electron chi connectivity index (χ3n) is 11.5.